The largest absolute Gasteiger partial charge is 0.321 e. The van der Waals surface area contributed by atoms with Crippen molar-refractivity contribution in [1.82, 2.24) is 14.7 Å². The quantitative estimate of drug-likeness (QED) is 0.0599. The summed E-state index contributed by atoms with van der Waals surface area (Å²) in [6, 6.07) is 30.0. The number of anilines is 2. The van der Waals surface area contributed by atoms with Crippen LogP contribution in [0.1, 0.15) is 35.0 Å². The molecule has 0 fully saturated rings. The summed E-state index contributed by atoms with van der Waals surface area (Å²) in [5, 5.41) is 18.8. The van der Waals surface area contributed by atoms with Gasteiger partial charge in [0.15, 0.2) is 0 Å². The minimum atomic E-state index is -0.631. The molecule has 5 rings (SSSR count). The van der Waals surface area contributed by atoms with E-state index < -0.39 is 22.0 Å². The number of benzene rings is 4. The van der Waals surface area contributed by atoms with Gasteiger partial charge >= 0.3 is 0 Å². The molecule has 3 N–H and O–H groups in total. The lowest BCUT2D eigenvalue weighted by Gasteiger charge is -2.15. The third kappa shape index (κ3) is 8.25. The van der Waals surface area contributed by atoms with Crippen LogP contribution in [0.15, 0.2) is 125 Å². The molecule has 4 aromatic carbocycles. The van der Waals surface area contributed by atoms with E-state index in [0.717, 1.165) is 0 Å². The van der Waals surface area contributed by atoms with Crippen LogP contribution in [0.25, 0.3) is 11.8 Å². The molecule has 0 bridgehead atoms. The molecule has 0 spiro atoms. The normalized spacial score (nSPS) is 11.8. The third-order valence-electron chi connectivity index (χ3n) is 7.78. The van der Waals surface area contributed by atoms with Gasteiger partial charge in [-0.3, -0.25) is 34.0 Å². The number of hydrogen-bond donors (Lipinski definition) is 3. The first-order valence-electron chi connectivity index (χ1n) is 15.6. The highest BCUT2D eigenvalue weighted by molar-refractivity contribution is 8.00. The average molecular weight is 691 g/mol. The zero-order valence-corrected chi connectivity index (χ0v) is 28.3. The molecule has 1 aromatic heterocycles. The van der Waals surface area contributed by atoms with Crippen LogP contribution in [0, 0.1) is 17.0 Å². The van der Waals surface area contributed by atoms with Crippen LogP contribution in [-0.4, -0.2) is 37.3 Å². The lowest BCUT2D eigenvalue weighted by atomic mass is 10.1. The molecule has 1 atom stereocenters. The number of carbonyl (C=O) groups excluding carboxylic acids is 3. The van der Waals surface area contributed by atoms with Crippen molar-refractivity contribution in [2.75, 3.05) is 10.6 Å². The van der Waals surface area contributed by atoms with Gasteiger partial charge in [-0.25, -0.2) is 4.68 Å². The van der Waals surface area contributed by atoms with Crippen LogP contribution < -0.4 is 21.5 Å². The van der Waals surface area contributed by atoms with Crippen molar-refractivity contribution in [2.24, 2.45) is 7.05 Å². The number of nitro benzene ring substituents is 1. The number of nitro groups is 1. The molecule has 13 heteroatoms. The van der Waals surface area contributed by atoms with Gasteiger partial charge in [-0.05, 0) is 79.6 Å². The Kier molecular flexibility index (Phi) is 11.1. The molecule has 0 aliphatic rings. The summed E-state index contributed by atoms with van der Waals surface area (Å²) >= 11 is 1.28. The van der Waals surface area contributed by atoms with E-state index >= 15 is 0 Å². The van der Waals surface area contributed by atoms with Crippen molar-refractivity contribution >= 4 is 52.6 Å². The maximum atomic E-state index is 13.5. The molecule has 254 valence electrons. The SMILES string of the molecule is CCC(Sc1cccc(NC(=O)/C(=C\c2ccc([N+](=O)[O-])cc2)NC(=O)c2ccccc2)c1)C(=O)Nc1c(C)n(C)n(-c2ccccc2)c1=O. The molecule has 0 saturated carbocycles. The van der Waals surface area contributed by atoms with Gasteiger partial charge in [0.25, 0.3) is 23.1 Å². The lowest BCUT2D eigenvalue weighted by molar-refractivity contribution is -0.384. The molecule has 50 heavy (non-hydrogen) atoms. The molecule has 0 aliphatic heterocycles. The fourth-order valence-electron chi connectivity index (χ4n) is 5.05. The average Bonchev–Trinajstić information content (AvgIpc) is 3.33. The summed E-state index contributed by atoms with van der Waals surface area (Å²) in [6.07, 6.45) is 1.88. The topological polar surface area (TPSA) is 157 Å². The minimum Gasteiger partial charge on any atom is -0.321 e. The fraction of sp³-hybridized carbons (Fsp3) is 0.135. The summed E-state index contributed by atoms with van der Waals surface area (Å²) in [4.78, 5) is 64.6. The summed E-state index contributed by atoms with van der Waals surface area (Å²) in [5.74, 6) is -1.48. The van der Waals surface area contributed by atoms with Crippen molar-refractivity contribution in [2.45, 2.75) is 30.4 Å². The number of aromatic nitrogens is 2. The standard InChI is InChI=1S/C37H34N6O6S/c1-4-32(36(46)40-33-24(2)41(3)42(37(33)47)28-15-9-6-10-16-28)50-30-17-11-14-27(23-30)38-35(45)31(39-34(44)26-12-7-5-8-13-26)22-25-18-20-29(21-19-25)43(48)49/h5-23,32H,4H2,1-3H3,(H,38,45)(H,39,44)(H,40,46)/b31-22+. The van der Waals surface area contributed by atoms with Crippen LogP contribution in [0.4, 0.5) is 17.1 Å². The molecule has 1 heterocycles. The predicted molar refractivity (Wildman–Crippen MR) is 194 cm³/mol. The molecule has 3 amide bonds. The Morgan fingerprint density at radius 1 is 0.900 bits per heavy atom. The number of carbonyl (C=O) groups is 3. The zero-order valence-electron chi connectivity index (χ0n) is 27.5. The highest BCUT2D eigenvalue weighted by Crippen LogP contribution is 2.29. The van der Waals surface area contributed by atoms with Crippen molar-refractivity contribution in [3.05, 3.63) is 152 Å². The first-order valence-corrected chi connectivity index (χ1v) is 16.5. The van der Waals surface area contributed by atoms with Crippen molar-refractivity contribution < 1.29 is 19.3 Å². The van der Waals surface area contributed by atoms with E-state index in [0.29, 0.717) is 39.5 Å². The van der Waals surface area contributed by atoms with Gasteiger partial charge in [-0.2, -0.15) is 0 Å². The van der Waals surface area contributed by atoms with E-state index in [9.17, 15) is 29.3 Å². The predicted octanol–water partition coefficient (Wildman–Crippen LogP) is 6.31. The van der Waals surface area contributed by atoms with Crippen LogP contribution in [0.5, 0.6) is 0 Å². The monoisotopic (exact) mass is 690 g/mol. The number of nitrogens with zero attached hydrogens (tertiary/aromatic N) is 3. The van der Waals surface area contributed by atoms with Crippen LogP contribution in [-0.2, 0) is 16.6 Å². The van der Waals surface area contributed by atoms with Crippen molar-refractivity contribution in [3.63, 3.8) is 0 Å². The highest BCUT2D eigenvalue weighted by Gasteiger charge is 2.24. The Bertz CT molecular complexity index is 2130. The fourth-order valence-corrected chi connectivity index (χ4v) is 6.06. The number of nitrogens with one attached hydrogen (secondary N) is 3. The number of hydrogen-bond acceptors (Lipinski definition) is 7. The lowest BCUT2D eigenvalue weighted by Crippen LogP contribution is -2.30. The minimum absolute atomic E-state index is 0.0871. The maximum Gasteiger partial charge on any atom is 0.295 e. The smallest absolute Gasteiger partial charge is 0.295 e. The molecule has 0 saturated heterocycles. The van der Waals surface area contributed by atoms with E-state index in [1.165, 1.54) is 46.8 Å². The van der Waals surface area contributed by atoms with Gasteiger partial charge in [-0.15, -0.1) is 11.8 Å². The Balaban J connectivity index is 1.33. The number of para-hydroxylation sites is 1. The van der Waals surface area contributed by atoms with Crippen LogP contribution in [0.3, 0.4) is 0 Å². The van der Waals surface area contributed by atoms with Gasteiger partial charge in [0.05, 0.1) is 21.6 Å². The summed E-state index contributed by atoms with van der Waals surface area (Å²) in [6.45, 7) is 3.64. The Labute approximate surface area is 292 Å². The number of amides is 3. The van der Waals surface area contributed by atoms with Crippen molar-refractivity contribution in [3.8, 4) is 5.69 Å². The van der Waals surface area contributed by atoms with E-state index in [4.69, 9.17) is 0 Å². The van der Waals surface area contributed by atoms with Crippen LogP contribution in [0.2, 0.25) is 0 Å². The van der Waals surface area contributed by atoms with Gasteiger partial charge in [0.2, 0.25) is 5.91 Å². The molecule has 0 radical (unpaired) electrons. The molecular formula is C37H34N6O6S. The van der Waals surface area contributed by atoms with Gasteiger partial charge in [-0.1, -0.05) is 49.4 Å². The summed E-state index contributed by atoms with van der Waals surface area (Å²) in [7, 11) is 1.75. The van der Waals surface area contributed by atoms with E-state index in [1.807, 2.05) is 37.3 Å². The number of non-ortho nitro benzene ring substituents is 1. The molecule has 0 aliphatic carbocycles. The van der Waals surface area contributed by atoms with Gasteiger partial charge in [0.1, 0.15) is 11.4 Å². The molecule has 5 aromatic rings. The second-order valence-electron chi connectivity index (χ2n) is 11.1. The third-order valence-corrected chi connectivity index (χ3v) is 9.14. The molecule has 12 nitrogen and oxygen atoms in total. The molecular weight excluding hydrogens is 657 g/mol. The number of thioether (sulfide) groups is 1. The zero-order chi connectivity index (χ0) is 35.8. The van der Waals surface area contributed by atoms with E-state index in [-0.39, 0.29) is 28.5 Å². The van der Waals surface area contributed by atoms with Crippen LogP contribution >= 0.6 is 11.8 Å². The van der Waals surface area contributed by atoms with Gasteiger partial charge < -0.3 is 16.0 Å². The van der Waals surface area contributed by atoms with Gasteiger partial charge in [0, 0.05) is 35.3 Å². The first kappa shape index (κ1) is 35.1. The second-order valence-corrected chi connectivity index (χ2v) is 12.4. The highest BCUT2D eigenvalue weighted by atomic mass is 32.2. The first-order chi connectivity index (χ1) is 24.0. The Hall–Kier alpha value is -6.21. The van der Waals surface area contributed by atoms with Crippen molar-refractivity contribution in [1.29, 1.82) is 0 Å². The molecule has 1 unspecified atom stereocenters. The van der Waals surface area contributed by atoms with E-state index in [2.05, 4.69) is 16.0 Å². The Morgan fingerprint density at radius 2 is 1.56 bits per heavy atom. The Morgan fingerprint density at radius 3 is 2.20 bits per heavy atom. The van der Waals surface area contributed by atoms with E-state index in [1.54, 1.807) is 73.3 Å². The summed E-state index contributed by atoms with van der Waals surface area (Å²) < 4.78 is 3.19. The maximum absolute atomic E-state index is 13.5. The number of rotatable bonds is 12. The summed E-state index contributed by atoms with van der Waals surface area (Å²) in [5.41, 5.74) is 2.14. The second kappa shape index (κ2) is 15.8.